The zero-order chi connectivity index (χ0) is 15.1. The Bertz CT molecular complexity index is 460. The summed E-state index contributed by atoms with van der Waals surface area (Å²) in [5.74, 6) is 0.955. The number of hydrogen-bond donors (Lipinski definition) is 1. The third-order valence-corrected chi connectivity index (χ3v) is 4.29. The summed E-state index contributed by atoms with van der Waals surface area (Å²) in [6.45, 7) is 0.462. The highest BCUT2D eigenvalue weighted by atomic mass is 32.2. The maximum atomic E-state index is 12.0. The minimum Gasteiger partial charge on any atom is -0.361 e. The van der Waals surface area contributed by atoms with Crippen LogP contribution in [0.5, 0.6) is 0 Å². The lowest BCUT2D eigenvalue weighted by atomic mass is 10.1. The first-order valence-electron chi connectivity index (χ1n) is 7.07. The van der Waals surface area contributed by atoms with Crippen molar-refractivity contribution in [1.82, 2.24) is 5.32 Å². The van der Waals surface area contributed by atoms with Crippen LogP contribution in [-0.2, 0) is 6.42 Å². The fourth-order valence-corrected chi connectivity index (χ4v) is 3.15. The predicted molar refractivity (Wildman–Crippen MR) is 81.7 cm³/mol. The van der Waals surface area contributed by atoms with Crippen molar-refractivity contribution < 1.29 is 13.2 Å². The Kier molecular flexibility index (Phi) is 5.96. The Labute approximate surface area is 127 Å². The Hall–Kier alpha value is -1.17. The molecule has 2 rings (SSSR count). The highest BCUT2D eigenvalue weighted by Crippen LogP contribution is 2.22. The lowest BCUT2D eigenvalue weighted by Crippen LogP contribution is -2.29. The number of alkyl halides is 3. The molecule has 0 aliphatic carbocycles. The van der Waals surface area contributed by atoms with Gasteiger partial charge in [0.2, 0.25) is 0 Å². The summed E-state index contributed by atoms with van der Waals surface area (Å²) >= 11 is 1.65. The summed E-state index contributed by atoms with van der Waals surface area (Å²) in [4.78, 5) is 4.34. The molecule has 116 valence electrons. The fourth-order valence-electron chi connectivity index (χ4n) is 2.16. The highest BCUT2D eigenvalue weighted by molar-refractivity contribution is 8.14. The Balaban J connectivity index is 1.66. The molecule has 1 aliphatic heterocycles. The molecule has 1 fully saturated rings. The van der Waals surface area contributed by atoms with E-state index in [0.717, 1.165) is 17.3 Å². The molecule has 1 aromatic rings. The lowest BCUT2D eigenvalue weighted by molar-refractivity contribution is -0.135. The van der Waals surface area contributed by atoms with Gasteiger partial charge in [-0.3, -0.25) is 4.99 Å². The van der Waals surface area contributed by atoms with Gasteiger partial charge in [0.25, 0.3) is 0 Å². The minimum atomic E-state index is -4.05. The Morgan fingerprint density at radius 3 is 2.67 bits per heavy atom. The monoisotopic (exact) mass is 316 g/mol. The molecule has 21 heavy (non-hydrogen) atoms. The molecule has 1 N–H and O–H groups in total. The predicted octanol–water partition coefficient (Wildman–Crippen LogP) is 4.02. The molecule has 2 nitrogen and oxygen atoms in total. The van der Waals surface area contributed by atoms with E-state index in [1.165, 1.54) is 5.56 Å². The maximum Gasteiger partial charge on any atom is 0.389 e. The lowest BCUT2D eigenvalue weighted by Gasteiger charge is -2.09. The first-order valence-corrected chi connectivity index (χ1v) is 8.06. The SMILES string of the molecule is FC(F)(F)CCCCN=C1NC(Cc2ccccc2)CS1. The molecule has 0 bridgehead atoms. The number of amidine groups is 1. The van der Waals surface area contributed by atoms with Crippen LogP contribution in [0.2, 0.25) is 0 Å². The van der Waals surface area contributed by atoms with Crippen molar-refractivity contribution in [2.45, 2.75) is 37.9 Å². The van der Waals surface area contributed by atoms with Crippen molar-refractivity contribution in [1.29, 1.82) is 0 Å². The van der Waals surface area contributed by atoms with Gasteiger partial charge >= 0.3 is 6.18 Å². The quantitative estimate of drug-likeness (QED) is 0.802. The first-order chi connectivity index (χ1) is 10.0. The molecule has 1 aromatic carbocycles. The minimum absolute atomic E-state index is 0.151. The van der Waals surface area contributed by atoms with Gasteiger partial charge in [-0.05, 0) is 24.8 Å². The summed E-state index contributed by atoms with van der Waals surface area (Å²) in [6.07, 6.45) is -3.18. The van der Waals surface area contributed by atoms with E-state index in [2.05, 4.69) is 22.4 Å². The first kappa shape index (κ1) is 16.2. The van der Waals surface area contributed by atoms with Crippen LogP contribution in [0.4, 0.5) is 13.2 Å². The molecular weight excluding hydrogens is 297 g/mol. The van der Waals surface area contributed by atoms with Gasteiger partial charge in [0.15, 0.2) is 5.17 Å². The molecule has 1 saturated heterocycles. The van der Waals surface area contributed by atoms with Gasteiger partial charge in [0, 0.05) is 24.8 Å². The van der Waals surface area contributed by atoms with E-state index in [1.54, 1.807) is 11.8 Å². The zero-order valence-corrected chi connectivity index (χ0v) is 12.5. The average Bonchev–Trinajstić information content (AvgIpc) is 2.86. The van der Waals surface area contributed by atoms with Crippen molar-refractivity contribution in [3.8, 4) is 0 Å². The van der Waals surface area contributed by atoms with Crippen LogP contribution in [0.3, 0.4) is 0 Å². The van der Waals surface area contributed by atoms with Gasteiger partial charge in [-0.25, -0.2) is 0 Å². The molecule has 0 saturated carbocycles. The van der Waals surface area contributed by atoms with Crippen LogP contribution in [0.25, 0.3) is 0 Å². The molecule has 0 aromatic heterocycles. The number of aliphatic imine (C=N–C) groups is 1. The van der Waals surface area contributed by atoms with Crippen molar-refractivity contribution in [2.24, 2.45) is 4.99 Å². The van der Waals surface area contributed by atoms with Crippen LogP contribution < -0.4 is 5.32 Å². The van der Waals surface area contributed by atoms with Crippen molar-refractivity contribution in [3.63, 3.8) is 0 Å². The van der Waals surface area contributed by atoms with E-state index < -0.39 is 12.6 Å². The largest absolute Gasteiger partial charge is 0.389 e. The number of halogens is 3. The molecule has 0 radical (unpaired) electrons. The normalized spacial score (nSPS) is 20.7. The second-order valence-electron chi connectivity index (χ2n) is 5.10. The summed E-state index contributed by atoms with van der Waals surface area (Å²) in [5, 5.41) is 4.20. The number of benzene rings is 1. The van der Waals surface area contributed by atoms with Gasteiger partial charge in [-0.1, -0.05) is 42.1 Å². The zero-order valence-electron chi connectivity index (χ0n) is 11.7. The van der Waals surface area contributed by atoms with Crippen LogP contribution >= 0.6 is 11.8 Å². The second kappa shape index (κ2) is 7.73. The molecule has 1 aliphatic rings. The number of unbranched alkanes of at least 4 members (excludes halogenated alkanes) is 1. The third-order valence-electron chi connectivity index (χ3n) is 3.20. The molecule has 1 unspecified atom stereocenters. The summed E-state index contributed by atoms with van der Waals surface area (Å²) < 4.78 is 36.0. The third kappa shape index (κ3) is 6.42. The Morgan fingerprint density at radius 2 is 1.95 bits per heavy atom. The average molecular weight is 316 g/mol. The summed E-state index contributed by atoms with van der Waals surface area (Å²) in [7, 11) is 0. The second-order valence-corrected chi connectivity index (χ2v) is 6.11. The van der Waals surface area contributed by atoms with Crippen molar-refractivity contribution in [3.05, 3.63) is 35.9 Å². The molecule has 1 heterocycles. The number of thioether (sulfide) groups is 1. The van der Waals surface area contributed by atoms with E-state index in [0.29, 0.717) is 19.0 Å². The molecule has 0 amide bonds. The van der Waals surface area contributed by atoms with Gasteiger partial charge < -0.3 is 5.32 Å². The van der Waals surface area contributed by atoms with Gasteiger partial charge in [0.05, 0.1) is 0 Å². The van der Waals surface area contributed by atoms with Gasteiger partial charge in [0.1, 0.15) is 0 Å². The van der Waals surface area contributed by atoms with Crippen LogP contribution in [0, 0.1) is 0 Å². The molecular formula is C15H19F3N2S. The highest BCUT2D eigenvalue weighted by Gasteiger charge is 2.25. The van der Waals surface area contributed by atoms with Gasteiger partial charge in [-0.2, -0.15) is 13.2 Å². The van der Waals surface area contributed by atoms with E-state index in [1.807, 2.05) is 18.2 Å². The number of nitrogens with one attached hydrogen (secondary N) is 1. The molecule has 0 spiro atoms. The standard InChI is InChI=1S/C15H19F3N2S/c16-15(17,18)8-4-5-9-19-14-20-13(11-21-14)10-12-6-2-1-3-7-12/h1-3,6-7,13H,4-5,8-11H2,(H,19,20). The maximum absolute atomic E-state index is 12.0. The topological polar surface area (TPSA) is 24.4 Å². The Morgan fingerprint density at radius 1 is 1.19 bits per heavy atom. The van der Waals surface area contributed by atoms with Gasteiger partial charge in [-0.15, -0.1) is 0 Å². The smallest absolute Gasteiger partial charge is 0.361 e. The van der Waals surface area contributed by atoms with E-state index in [9.17, 15) is 13.2 Å². The van der Waals surface area contributed by atoms with Crippen LogP contribution in [0.1, 0.15) is 24.8 Å². The number of hydrogen-bond acceptors (Lipinski definition) is 2. The summed E-state index contributed by atoms with van der Waals surface area (Å²) in [5.41, 5.74) is 1.28. The van der Waals surface area contributed by atoms with Crippen molar-refractivity contribution in [2.75, 3.05) is 12.3 Å². The van der Waals surface area contributed by atoms with Crippen LogP contribution in [-0.4, -0.2) is 29.7 Å². The van der Waals surface area contributed by atoms with E-state index in [-0.39, 0.29) is 6.42 Å². The fraction of sp³-hybridized carbons (Fsp3) is 0.533. The van der Waals surface area contributed by atoms with E-state index in [4.69, 9.17) is 0 Å². The number of rotatable bonds is 6. The number of nitrogens with zero attached hydrogens (tertiary/aromatic N) is 1. The van der Waals surface area contributed by atoms with Crippen LogP contribution in [0.15, 0.2) is 35.3 Å². The summed E-state index contributed by atoms with van der Waals surface area (Å²) in [6, 6.07) is 10.6. The molecule has 1 atom stereocenters. The van der Waals surface area contributed by atoms with Crippen molar-refractivity contribution >= 4 is 16.9 Å². The molecule has 6 heteroatoms. The van der Waals surface area contributed by atoms with E-state index >= 15 is 0 Å².